The van der Waals surface area contributed by atoms with E-state index in [4.69, 9.17) is 4.52 Å². The first-order chi connectivity index (χ1) is 8.83. The fraction of sp³-hybridized carbons (Fsp3) is 0.846. The Morgan fingerprint density at radius 2 is 2.22 bits per heavy atom. The maximum Gasteiger partial charge on any atom is 0.227 e. The number of aromatic nitrogens is 2. The zero-order valence-electron chi connectivity index (χ0n) is 11.3. The lowest BCUT2D eigenvalue weighted by Crippen LogP contribution is -2.37. The molecular weight excluding hydrogens is 246 g/mol. The van der Waals surface area contributed by atoms with Crippen molar-refractivity contribution >= 4 is 11.8 Å². The molecule has 0 saturated heterocycles. The Morgan fingerprint density at radius 1 is 1.39 bits per heavy atom. The molecule has 1 saturated carbocycles. The third kappa shape index (κ3) is 3.72. The molecule has 1 N–H and O–H groups in total. The largest absolute Gasteiger partial charge is 0.339 e. The summed E-state index contributed by atoms with van der Waals surface area (Å²) in [5, 5.41) is 7.46. The number of hydrogen-bond donors (Lipinski definition) is 1. The number of hydrogen-bond acceptors (Lipinski definition) is 5. The quantitative estimate of drug-likeness (QED) is 0.860. The van der Waals surface area contributed by atoms with Crippen molar-refractivity contribution in [2.45, 2.75) is 50.8 Å². The minimum Gasteiger partial charge on any atom is -0.339 e. The molecule has 102 valence electrons. The summed E-state index contributed by atoms with van der Waals surface area (Å²) in [6.07, 6.45) is 6.13. The highest BCUT2D eigenvalue weighted by molar-refractivity contribution is 7.98. The molecule has 1 aliphatic carbocycles. The van der Waals surface area contributed by atoms with E-state index in [-0.39, 0.29) is 0 Å². The fourth-order valence-corrected chi connectivity index (χ4v) is 3.19. The molecule has 1 heterocycles. The van der Waals surface area contributed by atoms with Crippen LogP contribution in [0.1, 0.15) is 44.3 Å². The summed E-state index contributed by atoms with van der Waals surface area (Å²) in [4.78, 5) is 4.48. The molecule has 2 rings (SSSR count). The van der Waals surface area contributed by atoms with Crippen LogP contribution in [0.25, 0.3) is 0 Å². The Balaban J connectivity index is 1.89. The average molecular weight is 269 g/mol. The first kappa shape index (κ1) is 13.9. The van der Waals surface area contributed by atoms with Gasteiger partial charge in [-0.3, -0.25) is 0 Å². The van der Waals surface area contributed by atoms with Gasteiger partial charge in [-0.25, -0.2) is 0 Å². The van der Waals surface area contributed by atoms with Gasteiger partial charge in [-0.2, -0.15) is 16.7 Å². The van der Waals surface area contributed by atoms with Crippen LogP contribution in [0.3, 0.4) is 0 Å². The first-order valence-electron chi connectivity index (χ1n) is 6.90. The Kier molecular flexibility index (Phi) is 5.50. The first-order valence-corrected chi connectivity index (χ1v) is 8.05. The normalized spacial score (nSPS) is 24.3. The Bertz CT molecular complexity index is 356. The van der Waals surface area contributed by atoms with Gasteiger partial charge in [-0.15, -0.1) is 0 Å². The average Bonchev–Trinajstić information content (AvgIpc) is 2.84. The maximum absolute atomic E-state index is 5.36. The number of thioether (sulfide) groups is 1. The lowest BCUT2D eigenvalue weighted by atomic mass is 9.82. The van der Waals surface area contributed by atoms with Gasteiger partial charge in [0.25, 0.3) is 0 Å². The lowest BCUT2D eigenvalue weighted by molar-refractivity contribution is 0.248. The number of nitrogens with zero attached hydrogens (tertiary/aromatic N) is 2. The maximum atomic E-state index is 5.36. The van der Waals surface area contributed by atoms with Crippen molar-refractivity contribution < 1.29 is 4.52 Å². The van der Waals surface area contributed by atoms with E-state index in [0.29, 0.717) is 12.0 Å². The Labute approximate surface area is 113 Å². The Hall–Kier alpha value is -0.550. The van der Waals surface area contributed by atoms with Gasteiger partial charge in [0.1, 0.15) is 0 Å². The summed E-state index contributed by atoms with van der Waals surface area (Å²) in [5.41, 5.74) is 0. The van der Waals surface area contributed by atoms with Crippen LogP contribution in [0.5, 0.6) is 0 Å². The van der Waals surface area contributed by atoms with Crippen LogP contribution in [0.15, 0.2) is 4.52 Å². The third-order valence-electron chi connectivity index (χ3n) is 3.66. The van der Waals surface area contributed by atoms with Gasteiger partial charge in [0.05, 0.1) is 5.75 Å². The van der Waals surface area contributed by atoms with Crippen molar-refractivity contribution in [2.24, 2.45) is 5.92 Å². The highest BCUT2D eigenvalue weighted by atomic mass is 32.2. The summed E-state index contributed by atoms with van der Waals surface area (Å²) in [5.74, 6) is 4.26. The van der Waals surface area contributed by atoms with Crippen LogP contribution in [-0.2, 0) is 12.2 Å². The summed E-state index contributed by atoms with van der Waals surface area (Å²) >= 11 is 1.83. The predicted octanol–water partition coefficient (Wildman–Crippen LogP) is 2.64. The zero-order valence-corrected chi connectivity index (χ0v) is 12.1. The van der Waals surface area contributed by atoms with Crippen molar-refractivity contribution in [2.75, 3.05) is 12.8 Å². The predicted molar refractivity (Wildman–Crippen MR) is 74.6 cm³/mol. The van der Waals surface area contributed by atoms with Crippen LogP contribution < -0.4 is 5.32 Å². The molecule has 1 aromatic heterocycles. The van der Waals surface area contributed by atoms with E-state index in [1.807, 2.05) is 11.8 Å². The van der Waals surface area contributed by atoms with Gasteiger partial charge >= 0.3 is 0 Å². The van der Waals surface area contributed by atoms with Gasteiger partial charge in [-0.05, 0) is 31.6 Å². The molecule has 0 aromatic carbocycles. The van der Waals surface area contributed by atoms with Gasteiger partial charge < -0.3 is 9.84 Å². The molecule has 5 heteroatoms. The molecule has 1 aliphatic rings. The zero-order chi connectivity index (χ0) is 12.8. The van der Waals surface area contributed by atoms with E-state index < -0.39 is 0 Å². The fourth-order valence-electron chi connectivity index (χ4n) is 2.68. The smallest absolute Gasteiger partial charge is 0.227 e. The van der Waals surface area contributed by atoms with Crippen LogP contribution in [0.4, 0.5) is 0 Å². The van der Waals surface area contributed by atoms with E-state index in [1.54, 1.807) is 0 Å². The molecule has 0 amide bonds. The van der Waals surface area contributed by atoms with Crippen LogP contribution in [0, 0.1) is 5.92 Å². The monoisotopic (exact) mass is 269 g/mol. The number of rotatable bonds is 6. The number of nitrogens with one attached hydrogen (secondary N) is 1. The molecule has 1 aromatic rings. The van der Waals surface area contributed by atoms with Gasteiger partial charge in [0, 0.05) is 12.5 Å². The molecule has 4 nitrogen and oxygen atoms in total. The molecule has 0 bridgehead atoms. The summed E-state index contributed by atoms with van der Waals surface area (Å²) in [6, 6.07) is 0.610. The minimum atomic E-state index is 0.610. The second kappa shape index (κ2) is 7.14. The second-order valence-corrected chi connectivity index (χ2v) is 6.16. The van der Waals surface area contributed by atoms with Crippen LogP contribution in [0.2, 0.25) is 0 Å². The summed E-state index contributed by atoms with van der Waals surface area (Å²) < 4.78 is 5.36. The van der Waals surface area contributed by atoms with E-state index in [0.717, 1.165) is 29.6 Å². The molecular formula is C13H23N3OS. The topological polar surface area (TPSA) is 51.0 Å². The molecule has 0 radical (unpaired) electrons. The minimum absolute atomic E-state index is 0.610. The van der Waals surface area contributed by atoms with Crippen molar-refractivity contribution in [3.8, 4) is 0 Å². The van der Waals surface area contributed by atoms with Crippen molar-refractivity contribution in [3.63, 3.8) is 0 Å². The van der Waals surface area contributed by atoms with Crippen molar-refractivity contribution in [3.05, 3.63) is 11.7 Å². The highest BCUT2D eigenvalue weighted by Crippen LogP contribution is 2.27. The van der Waals surface area contributed by atoms with Crippen molar-refractivity contribution in [1.29, 1.82) is 0 Å². The van der Waals surface area contributed by atoms with E-state index in [9.17, 15) is 0 Å². The second-order valence-electron chi connectivity index (χ2n) is 4.89. The summed E-state index contributed by atoms with van der Waals surface area (Å²) in [6.45, 7) is 2.14. The van der Waals surface area contributed by atoms with E-state index >= 15 is 0 Å². The molecule has 1 fully saturated rings. The highest BCUT2D eigenvalue weighted by Gasteiger charge is 2.25. The van der Waals surface area contributed by atoms with Gasteiger partial charge in [-0.1, -0.05) is 24.9 Å². The van der Waals surface area contributed by atoms with E-state index in [2.05, 4.69) is 29.4 Å². The molecule has 2 unspecified atom stereocenters. The summed E-state index contributed by atoms with van der Waals surface area (Å²) in [7, 11) is 2.06. The van der Waals surface area contributed by atoms with Crippen LogP contribution in [-0.4, -0.2) is 29.0 Å². The third-order valence-corrected chi connectivity index (χ3v) is 4.53. The Morgan fingerprint density at radius 3 is 3.00 bits per heavy atom. The van der Waals surface area contributed by atoms with Gasteiger partial charge in [0.2, 0.25) is 5.89 Å². The van der Waals surface area contributed by atoms with Crippen molar-refractivity contribution in [1.82, 2.24) is 15.5 Å². The van der Waals surface area contributed by atoms with E-state index in [1.165, 1.54) is 25.7 Å². The molecule has 2 atom stereocenters. The van der Waals surface area contributed by atoms with Gasteiger partial charge in [0.15, 0.2) is 5.82 Å². The molecule has 0 spiro atoms. The standard InChI is InChI=1S/C13H23N3OS/c1-3-18-9-12-15-13(17-16-12)8-10-6-4-5-7-11(10)14-2/h10-11,14H,3-9H2,1-2H3. The van der Waals surface area contributed by atoms with Crippen LogP contribution >= 0.6 is 11.8 Å². The molecule has 0 aliphatic heterocycles. The molecule has 18 heavy (non-hydrogen) atoms. The lowest BCUT2D eigenvalue weighted by Gasteiger charge is -2.30. The SMILES string of the molecule is CCSCc1noc(CC2CCCCC2NC)n1.